The second kappa shape index (κ2) is 17.0. The van der Waals surface area contributed by atoms with Gasteiger partial charge in [0.25, 0.3) is 0 Å². The summed E-state index contributed by atoms with van der Waals surface area (Å²) in [5.74, 6) is -6.68. The van der Waals surface area contributed by atoms with Gasteiger partial charge in [0.2, 0.25) is 0 Å². The molecule has 0 amide bonds. The van der Waals surface area contributed by atoms with E-state index in [1.165, 1.54) is 12.0 Å². The summed E-state index contributed by atoms with van der Waals surface area (Å²) in [5.41, 5.74) is 1.37. The van der Waals surface area contributed by atoms with Crippen LogP contribution in [0.3, 0.4) is 0 Å². The van der Waals surface area contributed by atoms with Crippen LogP contribution in [0.15, 0.2) is 36.8 Å². The van der Waals surface area contributed by atoms with E-state index in [-0.39, 0.29) is 5.60 Å². The van der Waals surface area contributed by atoms with Crippen molar-refractivity contribution in [2.75, 3.05) is 31.6 Å². The van der Waals surface area contributed by atoms with Crippen LogP contribution in [0.5, 0.6) is 0 Å². The lowest BCUT2D eigenvalue weighted by atomic mass is 9.79. The third-order valence-corrected chi connectivity index (χ3v) is 6.19. The largest absolute Gasteiger partial charge is 0.490 e. The van der Waals surface area contributed by atoms with Gasteiger partial charge in [-0.05, 0) is 37.8 Å². The van der Waals surface area contributed by atoms with Gasteiger partial charge in [0.05, 0.1) is 11.8 Å². The van der Waals surface area contributed by atoms with Crippen LogP contribution in [-0.2, 0) is 32.2 Å². The molecule has 4 heterocycles. The van der Waals surface area contributed by atoms with Gasteiger partial charge < -0.3 is 25.4 Å². The number of alkyl halides is 9. The van der Waals surface area contributed by atoms with Crippen LogP contribution < -0.4 is 5.32 Å². The molecular weight excluding hydrogens is 653 g/mol. The summed E-state index contributed by atoms with van der Waals surface area (Å²) in [4.78, 5) is 33.5. The smallest absolute Gasteiger partial charge is 0.475 e. The molecule has 21 heteroatoms. The lowest BCUT2D eigenvalue weighted by Crippen LogP contribution is -2.64. The van der Waals surface area contributed by atoms with Crippen LogP contribution in [0.4, 0.5) is 45.3 Å². The number of likely N-dealkylation sites (tertiary alicyclic amines) is 1. The Labute approximate surface area is 254 Å². The van der Waals surface area contributed by atoms with E-state index in [9.17, 15) is 39.5 Å². The van der Waals surface area contributed by atoms with Gasteiger partial charge in [-0.15, -0.1) is 0 Å². The van der Waals surface area contributed by atoms with Crippen LogP contribution in [-0.4, -0.2) is 103 Å². The monoisotopic (exact) mass is 683 g/mol. The molecule has 0 bridgehead atoms. The van der Waals surface area contributed by atoms with E-state index in [4.69, 9.17) is 34.4 Å². The van der Waals surface area contributed by atoms with E-state index in [0.29, 0.717) is 5.92 Å². The van der Waals surface area contributed by atoms with Crippen molar-refractivity contribution < 1.29 is 74.0 Å². The third-order valence-electron chi connectivity index (χ3n) is 6.19. The number of rotatable bonds is 7. The second-order valence-electron chi connectivity index (χ2n) is 9.59. The number of anilines is 1. The second-order valence-corrected chi connectivity index (χ2v) is 9.59. The quantitative estimate of drug-likeness (QED) is 0.308. The highest BCUT2D eigenvalue weighted by Crippen LogP contribution is 2.42. The van der Waals surface area contributed by atoms with Gasteiger partial charge in [-0.1, -0.05) is 6.07 Å². The molecule has 2 fully saturated rings. The molecule has 12 nitrogen and oxygen atoms in total. The van der Waals surface area contributed by atoms with E-state index in [0.717, 1.165) is 51.6 Å². The molecule has 0 aromatic carbocycles. The molecule has 2 aromatic rings. The van der Waals surface area contributed by atoms with Crippen molar-refractivity contribution in [1.82, 2.24) is 19.7 Å². The van der Waals surface area contributed by atoms with Crippen LogP contribution >= 0.6 is 0 Å². The van der Waals surface area contributed by atoms with E-state index in [1.54, 1.807) is 0 Å². The number of halogens is 9. The van der Waals surface area contributed by atoms with Crippen molar-refractivity contribution in [3.63, 3.8) is 0 Å². The minimum absolute atomic E-state index is 0.0759. The molecule has 4 rings (SSSR count). The van der Waals surface area contributed by atoms with Crippen LogP contribution in [0.2, 0.25) is 0 Å². The van der Waals surface area contributed by atoms with E-state index in [2.05, 4.69) is 33.4 Å². The number of carboxylic acids is 3. The number of nitrogens with zero attached hydrogens (tertiary/aromatic N) is 4. The summed E-state index contributed by atoms with van der Waals surface area (Å²) in [5, 5.41) is 29.2. The molecular formula is C25H30F9N5O7. The number of ether oxygens (including phenoxy) is 1. The standard InChI is InChI=1S/C19H27N5O.3C2HF3O2/c1-2-24-13-16(11-22-24)12-23-14-19(15-23)17(7-10-25-19)6-9-21-18-5-3-4-8-20-18;3*3-2(4,5)1(6)7/h3-5,8,11,13,17H,2,6-7,9-10,12,14-15H2,1H3,(H,20,21);3*(H,6,7). The lowest BCUT2D eigenvalue weighted by Gasteiger charge is -2.50. The molecule has 1 spiro atoms. The number of aryl methyl sites for hydroxylation is 1. The first-order valence-electron chi connectivity index (χ1n) is 13.0. The fourth-order valence-electron chi connectivity index (χ4n) is 4.13. The Kier molecular flexibility index (Phi) is 14.7. The normalized spacial score (nSPS) is 17.2. The molecule has 0 aliphatic carbocycles. The molecule has 4 N–H and O–H groups in total. The number of pyridine rings is 1. The molecule has 0 radical (unpaired) electrons. The fraction of sp³-hybridized carbons (Fsp3) is 0.560. The first-order valence-corrected chi connectivity index (χ1v) is 13.0. The minimum atomic E-state index is -5.08. The lowest BCUT2D eigenvalue weighted by molar-refractivity contribution is -0.193. The molecule has 2 saturated heterocycles. The zero-order chi connectivity index (χ0) is 35.3. The van der Waals surface area contributed by atoms with Gasteiger partial charge in [0.1, 0.15) is 5.82 Å². The van der Waals surface area contributed by atoms with Crippen molar-refractivity contribution in [2.24, 2.45) is 5.92 Å². The van der Waals surface area contributed by atoms with Crippen molar-refractivity contribution in [1.29, 1.82) is 0 Å². The Morgan fingerprint density at radius 1 is 0.957 bits per heavy atom. The van der Waals surface area contributed by atoms with Crippen molar-refractivity contribution in [3.8, 4) is 0 Å². The molecule has 0 saturated carbocycles. The number of nitrogens with one attached hydrogen (secondary N) is 1. The third kappa shape index (κ3) is 13.9. The van der Waals surface area contributed by atoms with Gasteiger partial charge >= 0.3 is 36.4 Å². The predicted octanol–water partition coefficient (Wildman–Crippen LogP) is 4.29. The van der Waals surface area contributed by atoms with Crippen molar-refractivity contribution >= 4 is 23.7 Å². The Bertz CT molecular complexity index is 1190. The fourth-order valence-corrected chi connectivity index (χ4v) is 4.13. The topological polar surface area (TPSA) is 167 Å². The Morgan fingerprint density at radius 3 is 1.89 bits per heavy atom. The molecule has 1 unspecified atom stereocenters. The number of hydrogen-bond donors (Lipinski definition) is 4. The van der Waals surface area contributed by atoms with E-state index >= 15 is 0 Å². The first-order chi connectivity index (χ1) is 21.1. The number of aliphatic carboxylic acids is 3. The Morgan fingerprint density at radius 2 is 1.48 bits per heavy atom. The van der Waals surface area contributed by atoms with Crippen LogP contribution in [0, 0.1) is 5.92 Å². The highest BCUT2D eigenvalue weighted by Gasteiger charge is 2.52. The minimum Gasteiger partial charge on any atom is -0.475 e. The summed E-state index contributed by atoms with van der Waals surface area (Å²) in [7, 11) is 0. The molecule has 1 atom stereocenters. The summed E-state index contributed by atoms with van der Waals surface area (Å²) in [6.07, 6.45) is -6.98. The number of carboxylic acid groups (broad SMARTS) is 3. The van der Waals surface area contributed by atoms with Gasteiger partial charge in [-0.2, -0.15) is 44.6 Å². The summed E-state index contributed by atoms with van der Waals surface area (Å²) >= 11 is 0. The van der Waals surface area contributed by atoms with Gasteiger partial charge in [0.15, 0.2) is 0 Å². The Hall–Kier alpha value is -4.14. The number of aromatic nitrogens is 3. The molecule has 2 aliphatic rings. The highest BCUT2D eigenvalue weighted by atomic mass is 19.4. The van der Waals surface area contributed by atoms with E-state index in [1.807, 2.05) is 35.3 Å². The zero-order valence-corrected chi connectivity index (χ0v) is 23.9. The highest BCUT2D eigenvalue weighted by molar-refractivity contribution is 5.73. The van der Waals surface area contributed by atoms with Gasteiger partial charge in [-0.25, -0.2) is 19.4 Å². The van der Waals surface area contributed by atoms with Crippen LogP contribution in [0.1, 0.15) is 25.3 Å². The average Bonchev–Trinajstić information content (AvgIpc) is 3.56. The number of hydrogen-bond acceptors (Lipinski definition) is 8. The number of carbonyl (C=O) groups is 3. The maximum atomic E-state index is 10.6. The summed E-state index contributed by atoms with van der Waals surface area (Å²) in [6, 6.07) is 5.97. The Balaban J connectivity index is 0.000000413. The molecule has 46 heavy (non-hydrogen) atoms. The van der Waals surface area contributed by atoms with Gasteiger partial charge in [-0.3, -0.25) is 9.58 Å². The summed E-state index contributed by atoms with van der Waals surface area (Å²) in [6.45, 7) is 7.96. The van der Waals surface area contributed by atoms with Gasteiger partial charge in [0, 0.05) is 57.3 Å². The molecule has 2 aliphatic heterocycles. The maximum absolute atomic E-state index is 10.6. The maximum Gasteiger partial charge on any atom is 0.490 e. The van der Waals surface area contributed by atoms with Crippen molar-refractivity contribution in [2.45, 2.75) is 57.0 Å². The average molecular weight is 684 g/mol. The predicted molar refractivity (Wildman–Crippen MR) is 138 cm³/mol. The van der Waals surface area contributed by atoms with Crippen molar-refractivity contribution in [3.05, 3.63) is 42.4 Å². The zero-order valence-electron chi connectivity index (χ0n) is 23.9. The summed E-state index contributed by atoms with van der Waals surface area (Å²) < 4.78 is 103. The van der Waals surface area contributed by atoms with Crippen LogP contribution in [0.25, 0.3) is 0 Å². The first kappa shape index (κ1) is 39.9. The molecule has 2 aromatic heterocycles. The van der Waals surface area contributed by atoms with E-state index < -0.39 is 36.4 Å². The SMILES string of the molecule is CCn1cc(CN2CC3(C2)OCCC3CCNc2ccccn2)cn1.O=C(O)C(F)(F)F.O=C(O)C(F)(F)F.O=C(O)C(F)(F)F. The molecule has 260 valence electrons.